The van der Waals surface area contributed by atoms with E-state index in [1.807, 2.05) is 38.1 Å². The lowest BCUT2D eigenvalue weighted by molar-refractivity contribution is -0.146. The van der Waals surface area contributed by atoms with Gasteiger partial charge in [-0.05, 0) is 17.0 Å². The molecule has 0 radical (unpaired) electrons. The van der Waals surface area contributed by atoms with E-state index in [0.717, 1.165) is 11.1 Å². The maximum absolute atomic E-state index is 11.5. The summed E-state index contributed by atoms with van der Waals surface area (Å²) in [6, 6.07) is 7.47. The van der Waals surface area contributed by atoms with Crippen molar-refractivity contribution in [3.05, 3.63) is 35.4 Å². The lowest BCUT2D eigenvalue weighted by Gasteiger charge is -2.14. The molecule has 1 unspecified atom stereocenters. The van der Waals surface area contributed by atoms with Crippen molar-refractivity contribution in [2.75, 3.05) is 13.2 Å². The number of nitrogens with two attached hydrogens (primary N) is 1. The van der Waals surface area contributed by atoms with Crippen LogP contribution in [0, 0.1) is 5.92 Å². The van der Waals surface area contributed by atoms with Crippen molar-refractivity contribution in [2.24, 2.45) is 11.7 Å². The van der Waals surface area contributed by atoms with Crippen molar-refractivity contribution < 1.29 is 19.4 Å². The number of rotatable bonds is 10. The quantitative estimate of drug-likeness (QED) is 0.552. The SMILES string of the molecule is CC(C)COC(=O)CC(O)CNCc1ccccc1CC(N)=O. The van der Waals surface area contributed by atoms with Gasteiger partial charge in [-0.15, -0.1) is 0 Å². The Kier molecular flexibility index (Phi) is 8.29. The average Bonchev–Trinajstić information content (AvgIpc) is 2.46. The van der Waals surface area contributed by atoms with Gasteiger partial charge in [-0.2, -0.15) is 0 Å². The number of carbonyl (C=O) groups excluding carboxylic acids is 2. The van der Waals surface area contributed by atoms with Crippen LogP contribution >= 0.6 is 0 Å². The molecule has 6 heteroatoms. The van der Waals surface area contributed by atoms with E-state index in [4.69, 9.17) is 10.5 Å². The molecule has 6 nitrogen and oxygen atoms in total. The normalized spacial score (nSPS) is 12.2. The molecule has 1 aromatic carbocycles. The highest BCUT2D eigenvalue weighted by molar-refractivity contribution is 5.77. The van der Waals surface area contributed by atoms with Crippen LogP contribution < -0.4 is 11.1 Å². The molecule has 0 aliphatic carbocycles. The van der Waals surface area contributed by atoms with Crippen LogP contribution in [0.25, 0.3) is 0 Å². The summed E-state index contributed by atoms with van der Waals surface area (Å²) in [5.41, 5.74) is 7.03. The number of primary amides is 1. The van der Waals surface area contributed by atoms with Crippen LogP contribution in [0.5, 0.6) is 0 Å². The molecule has 4 N–H and O–H groups in total. The number of esters is 1. The Morgan fingerprint density at radius 1 is 1.26 bits per heavy atom. The minimum absolute atomic E-state index is 0.0390. The summed E-state index contributed by atoms with van der Waals surface area (Å²) >= 11 is 0. The lowest BCUT2D eigenvalue weighted by atomic mass is 10.0. The zero-order valence-electron chi connectivity index (χ0n) is 13.7. The molecule has 0 spiro atoms. The van der Waals surface area contributed by atoms with Crippen molar-refractivity contribution in [1.82, 2.24) is 5.32 Å². The van der Waals surface area contributed by atoms with Gasteiger partial charge < -0.3 is 20.9 Å². The molecule has 0 fully saturated rings. The van der Waals surface area contributed by atoms with Gasteiger partial charge in [0.05, 0.1) is 25.6 Å². The molecule has 1 atom stereocenters. The third kappa shape index (κ3) is 8.32. The minimum Gasteiger partial charge on any atom is -0.465 e. The highest BCUT2D eigenvalue weighted by atomic mass is 16.5. The molecular formula is C17H26N2O4. The summed E-state index contributed by atoms with van der Waals surface area (Å²) < 4.78 is 5.02. The van der Waals surface area contributed by atoms with Gasteiger partial charge in [-0.1, -0.05) is 38.1 Å². The smallest absolute Gasteiger partial charge is 0.308 e. The molecule has 1 aromatic rings. The first-order valence-electron chi connectivity index (χ1n) is 7.78. The summed E-state index contributed by atoms with van der Waals surface area (Å²) in [7, 11) is 0. The monoisotopic (exact) mass is 322 g/mol. The minimum atomic E-state index is -0.807. The number of nitrogens with one attached hydrogen (secondary N) is 1. The molecule has 0 saturated carbocycles. The Bertz CT molecular complexity index is 517. The maximum atomic E-state index is 11.5. The standard InChI is InChI=1S/C17H26N2O4/c1-12(2)11-23-17(22)8-15(20)10-19-9-14-6-4-3-5-13(14)7-16(18)21/h3-6,12,15,19-20H,7-11H2,1-2H3,(H2,18,21). The molecular weight excluding hydrogens is 296 g/mol. The zero-order valence-corrected chi connectivity index (χ0v) is 13.7. The highest BCUT2D eigenvalue weighted by Gasteiger charge is 2.13. The Hall–Kier alpha value is -1.92. The predicted molar refractivity (Wildman–Crippen MR) is 87.5 cm³/mol. The van der Waals surface area contributed by atoms with Crippen molar-refractivity contribution in [3.63, 3.8) is 0 Å². The van der Waals surface area contributed by atoms with E-state index in [1.54, 1.807) is 0 Å². The van der Waals surface area contributed by atoms with Crippen LogP contribution in [-0.4, -0.2) is 36.2 Å². The van der Waals surface area contributed by atoms with Gasteiger partial charge >= 0.3 is 5.97 Å². The number of hydrogen-bond donors (Lipinski definition) is 3. The summed E-state index contributed by atoms with van der Waals surface area (Å²) in [5.74, 6) is -0.511. The van der Waals surface area contributed by atoms with Crippen LogP contribution in [0.1, 0.15) is 31.4 Å². The van der Waals surface area contributed by atoms with Gasteiger partial charge in [-0.25, -0.2) is 0 Å². The van der Waals surface area contributed by atoms with E-state index in [9.17, 15) is 14.7 Å². The molecule has 1 amide bonds. The number of ether oxygens (including phenoxy) is 1. The van der Waals surface area contributed by atoms with Gasteiger partial charge in [0.2, 0.25) is 5.91 Å². The number of hydrogen-bond acceptors (Lipinski definition) is 5. The molecule has 23 heavy (non-hydrogen) atoms. The molecule has 0 aromatic heterocycles. The second kappa shape index (κ2) is 9.97. The summed E-state index contributed by atoms with van der Waals surface area (Å²) in [4.78, 5) is 22.5. The maximum Gasteiger partial charge on any atom is 0.308 e. The molecule has 0 aliphatic rings. The number of aliphatic hydroxyl groups excluding tert-OH is 1. The Morgan fingerprint density at radius 2 is 1.91 bits per heavy atom. The summed E-state index contributed by atoms with van der Waals surface area (Å²) in [6.45, 7) is 5.02. The molecule has 1 rings (SSSR count). The molecule has 0 heterocycles. The highest BCUT2D eigenvalue weighted by Crippen LogP contribution is 2.09. The summed E-state index contributed by atoms with van der Waals surface area (Å²) in [5, 5.41) is 12.9. The molecule has 0 saturated heterocycles. The first-order chi connectivity index (χ1) is 10.9. The van der Waals surface area contributed by atoms with E-state index in [0.29, 0.717) is 13.2 Å². The third-order valence-electron chi connectivity index (χ3n) is 3.16. The average molecular weight is 322 g/mol. The van der Waals surface area contributed by atoms with Crippen LogP contribution in [-0.2, 0) is 27.3 Å². The van der Waals surface area contributed by atoms with E-state index in [1.165, 1.54) is 0 Å². The number of aliphatic hydroxyl groups is 1. The first kappa shape index (κ1) is 19.1. The predicted octanol–water partition coefficient (Wildman–Crippen LogP) is 0.754. The number of carbonyl (C=O) groups is 2. The van der Waals surface area contributed by atoms with Gasteiger partial charge in [-0.3, -0.25) is 9.59 Å². The van der Waals surface area contributed by atoms with E-state index >= 15 is 0 Å². The topological polar surface area (TPSA) is 102 Å². The Balaban J connectivity index is 2.36. The van der Waals surface area contributed by atoms with Gasteiger partial charge in [0.1, 0.15) is 0 Å². The fourth-order valence-corrected chi connectivity index (χ4v) is 2.05. The van der Waals surface area contributed by atoms with E-state index in [-0.39, 0.29) is 31.2 Å². The number of benzene rings is 1. The largest absolute Gasteiger partial charge is 0.465 e. The fraction of sp³-hybridized carbons (Fsp3) is 0.529. The summed E-state index contributed by atoms with van der Waals surface area (Å²) in [6.07, 6.45) is -0.664. The van der Waals surface area contributed by atoms with Gasteiger partial charge in [0, 0.05) is 13.1 Å². The van der Waals surface area contributed by atoms with Crippen molar-refractivity contribution in [1.29, 1.82) is 0 Å². The van der Waals surface area contributed by atoms with Crippen LogP contribution in [0.15, 0.2) is 24.3 Å². The van der Waals surface area contributed by atoms with Crippen LogP contribution in [0.4, 0.5) is 0 Å². The van der Waals surface area contributed by atoms with Gasteiger partial charge in [0.25, 0.3) is 0 Å². The van der Waals surface area contributed by atoms with Gasteiger partial charge in [0.15, 0.2) is 0 Å². The van der Waals surface area contributed by atoms with E-state index < -0.39 is 12.1 Å². The van der Waals surface area contributed by atoms with E-state index in [2.05, 4.69) is 5.32 Å². The first-order valence-corrected chi connectivity index (χ1v) is 7.78. The van der Waals surface area contributed by atoms with Crippen molar-refractivity contribution in [2.45, 2.75) is 39.3 Å². The second-order valence-corrected chi connectivity index (χ2v) is 5.98. The number of amides is 1. The molecule has 0 bridgehead atoms. The zero-order chi connectivity index (χ0) is 17.2. The molecule has 128 valence electrons. The van der Waals surface area contributed by atoms with Crippen LogP contribution in [0.2, 0.25) is 0 Å². The fourth-order valence-electron chi connectivity index (χ4n) is 2.05. The lowest BCUT2D eigenvalue weighted by Crippen LogP contribution is -2.29. The van der Waals surface area contributed by atoms with Crippen molar-refractivity contribution in [3.8, 4) is 0 Å². The Morgan fingerprint density at radius 3 is 2.52 bits per heavy atom. The van der Waals surface area contributed by atoms with Crippen molar-refractivity contribution >= 4 is 11.9 Å². The van der Waals surface area contributed by atoms with Crippen LogP contribution in [0.3, 0.4) is 0 Å². The second-order valence-electron chi connectivity index (χ2n) is 5.98. The Labute approximate surface area is 137 Å². The molecule has 0 aliphatic heterocycles. The third-order valence-corrected chi connectivity index (χ3v) is 3.16.